The van der Waals surface area contributed by atoms with E-state index in [4.69, 9.17) is 5.26 Å². The van der Waals surface area contributed by atoms with Gasteiger partial charge in [-0.1, -0.05) is 0 Å². The van der Waals surface area contributed by atoms with E-state index in [1.165, 1.54) is 0 Å². The topological polar surface area (TPSA) is 44.0 Å². The summed E-state index contributed by atoms with van der Waals surface area (Å²) >= 11 is 2.80. The molecule has 80 valence electrons. The Labute approximate surface area is 92.1 Å². The average molecular weight is 280 g/mol. The van der Waals surface area contributed by atoms with Gasteiger partial charge in [0.05, 0.1) is 22.5 Å². The maximum atomic E-state index is 12.3. The second-order valence-electron chi connectivity index (χ2n) is 2.80. The third kappa shape index (κ3) is 2.63. The molecule has 0 heterocycles. The van der Waals surface area contributed by atoms with Crippen LogP contribution >= 0.6 is 15.9 Å². The molecule has 0 saturated heterocycles. The fourth-order valence-electron chi connectivity index (χ4n) is 1.04. The third-order valence-electron chi connectivity index (χ3n) is 1.74. The molecule has 0 spiro atoms. The number of rotatable bonds is 1. The van der Waals surface area contributed by atoms with Gasteiger partial charge in [0.25, 0.3) is 0 Å². The van der Waals surface area contributed by atoms with Crippen molar-refractivity contribution in [2.45, 2.75) is 12.6 Å². The van der Waals surface area contributed by atoms with Gasteiger partial charge in [-0.15, -0.1) is 0 Å². The van der Waals surface area contributed by atoms with Crippen molar-refractivity contribution in [2.75, 3.05) is 0 Å². The number of benzene rings is 1. The van der Waals surface area contributed by atoms with E-state index in [0.717, 1.165) is 12.1 Å². The predicted molar refractivity (Wildman–Crippen MR) is 50.1 cm³/mol. The number of hydrogen-bond donors (Lipinski definition) is 1. The van der Waals surface area contributed by atoms with Crippen LogP contribution in [0.1, 0.15) is 11.1 Å². The molecule has 0 unspecified atom stereocenters. The van der Waals surface area contributed by atoms with Crippen molar-refractivity contribution in [2.24, 2.45) is 0 Å². The number of nitriles is 1. The molecule has 0 radical (unpaired) electrons. The van der Waals surface area contributed by atoms with Gasteiger partial charge >= 0.3 is 6.18 Å². The smallest absolute Gasteiger partial charge is 0.416 e. The van der Waals surface area contributed by atoms with Gasteiger partial charge in [-0.05, 0) is 28.1 Å². The molecule has 0 saturated carbocycles. The van der Waals surface area contributed by atoms with Crippen LogP contribution in [0.4, 0.5) is 13.2 Å². The SMILES string of the molecule is N#CCc1cc(C(F)(F)F)cc(Br)c1O. The summed E-state index contributed by atoms with van der Waals surface area (Å²) in [5, 5.41) is 17.7. The highest BCUT2D eigenvalue weighted by molar-refractivity contribution is 9.10. The molecule has 1 N–H and O–H groups in total. The standard InChI is InChI=1S/C9H5BrF3NO/c10-7-4-6(9(11,12)13)3-5(1-2-14)8(7)15/h3-4,15H,1H2. The van der Waals surface area contributed by atoms with Gasteiger partial charge in [0.15, 0.2) is 0 Å². The zero-order chi connectivity index (χ0) is 11.6. The minimum absolute atomic E-state index is 0.0424. The van der Waals surface area contributed by atoms with E-state index in [0.29, 0.717) is 0 Å². The maximum absolute atomic E-state index is 12.3. The molecule has 0 aliphatic rings. The number of hydrogen-bond acceptors (Lipinski definition) is 2. The third-order valence-corrected chi connectivity index (χ3v) is 2.34. The van der Waals surface area contributed by atoms with E-state index in [-0.39, 0.29) is 22.2 Å². The number of phenols is 1. The van der Waals surface area contributed by atoms with Crippen molar-refractivity contribution in [3.63, 3.8) is 0 Å². The Kier molecular flexibility index (Phi) is 3.25. The second kappa shape index (κ2) is 4.11. The molecule has 1 aromatic rings. The molecule has 0 atom stereocenters. The molecule has 0 aliphatic carbocycles. The fraction of sp³-hybridized carbons (Fsp3) is 0.222. The van der Waals surface area contributed by atoms with Gasteiger partial charge < -0.3 is 5.11 Å². The Hall–Kier alpha value is -1.22. The lowest BCUT2D eigenvalue weighted by atomic mass is 10.1. The Morgan fingerprint density at radius 3 is 2.47 bits per heavy atom. The van der Waals surface area contributed by atoms with Gasteiger partial charge in [-0.25, -0.2) is 0 Å². The molecule has 1 rings (SSSR count). The van der Waals surface area contributed by atoms with Crippen LogP contribution in [-0.2, 0) is 12.6 Å². The summed E-state index contributed by atoms with van der Waals surface area (Å²) in [4.78, 5) is 0. The lowest BCUT2D eigenvalue weighted by molar-refractivity contribution is -0.137. The summed E-state index contributed by atoms with van der Waals surface area (Å²) in [6.07, 6.45) is -4.76. The van der Waals surface area contributed by atoms with Crippen molar-refractivity contribution < 1.29 is 18.3 Å². The van der Waals surface area contributed by atoms with Crippen molar-refractivity contribution in [1.82, 2.24) is 0 Å². The Morgan fingerprint density at radius 1 is 1.40 bits per heavy atom. The molecule has 1 aromatic carbocycles. The van der Waals surface area contributed by atoms with E-state index < -0.39 is 11.7 Å². The summed E-state index contributed by atoms with van der Waals surface area (Å²) in [5.74, 6) is -0.329. The molecular weight excluding hydrogens is 275 g/mol. The summed E-state index contributed by atoms with van der Waals surface area (Å²) in [5.41, 5.74) is -0.934. The molecule has 15 heavy (non-hydrogen) atoms. The van der Waals surface area contributed by atoms with Crippen LogP contribution in [-0.4, -0.2) is 5.11 Å². The molecule has 6 heteroatoms. The molecule has 0 bridgehead atoms. The van der Waals surface area contributed by atoms with Gasteiger partial charge in [0, 0.05) is 5.56 Å². The van der Waals surface area contributed by atoms with Crippen molar-refractivity contribution >= 4 is 15.9 Å². The molecule has 0 aromatic heterocycles. The monoisotopic (exact) mass is 279 g/mol. The first-order valence-corrected chi connectivity index (χ1v) is 4.61. The van der Waals surface area contributed by atoms with Crippen LogP contribution in [0.3, 0.4) is 0 Å². The fourth-order valence-corrected chi connectivity index (χ4v) is 1.54. The molecule has 0 amide bonds. The lowest BCUT2D eigenvalue weighted by Crippen LogP contribution is -2.05. The summed E-state index contributed by atoms with van der Waals surface area (Å²) in [6.45, 7) is 0. The van der Waals surface area contributed by atoms with E-state index in [2.05, 4.69) is 15.9 Å². The molecule has 0 aliphatic heterocycles. The Balaban J connectivity index is 3.31. The first kappa shape index (κ1) is 11.9. The average Bonchev–Trinajstić information content (AvgIpc) is 2.11. The van der Waals surface area contributed by atoms with Crippen LogP contribution < -0.4 is 0 Å². The van der Waals surface area contributed by atoms with E-state index in [1.54, 1.807) is 6.07 Å². The summed E-state index contributed by atoms with van der Waals surface area (Å²) in [7, 11) is 0. The van der Waals surface area contributed by atoms with E-state index in [1.807, 2.05) is 0 Å². The van der Waals surface area contributed by atoms with Gasteiger partial charge in [0.2, 0.25) is 0 Å². The highest BCUT2D eigenvalue weighted by Gasteiger charge is 2.31. The zero-order valence-electron chi connectivity index (χ0n) is 7.27. The number of halogens is 4. The van der Waals surface area contributed by atoms with Gasteiger partial charge in [0.1, 0.15) is 5.75 Å². The van der Waals surface area contributed by atoms with Crippen molar-refractivity contribution in [1.29, 1.82) is 5.26 Å². The summed E-state index contributed by atoms with van der Waals surface area (Å²) in [6, 6.07) is 3.22. The quantitative estimate of drug-likeness (QED) is 0.858. The number of nitrogens with zero attached hydrogens (tertiary/aromatic N) is 1. The van der Waals surface area contributed by atoms with Crippen LogP contribution in [0.15, 0.2) is 16.6 Å². The largest absolute Gasteiger partial charge is 0.506 e. The minimum atomic E-state index is -4.49. The zero-order valence-corrected chi connectivity index (χ0v) is 8.85. The molecule has 0 fully saturated rings. The Bertz CT molecular complexity index is 423. The molecule has 2 nitrogen and oxygen atoms in total. The van der Waals surface area contributed by atoms with E-state index >= 15 is 0 Å². The van der Waals surface area contributed by atoms with Crippen LogP contribution in [0.2, 0.25) is 0 Å². The molecular formula is C9H5BrF3NO. The van der Waals surface area contributed by atoms with E-state index in [9.17, 15) is 18.3 Å². The minimum Gasteiger partial charge on any atom is -0.506 e. The highest BCUT2D eigenvalue weighted by atomic mass is 79.9. The van der Waals surface area contributed by atoms with Gasteiger partial charge in [-0.3, -0.25) is 0 Å². The summed E-state index contributed by atoms with van der Waals surface area (Å²) < 4.78 is 36.9. The lowest BCUT2D eigenvalue weighted by Gasteiger charge is -2.10. The van der Waals surface area contributed by atoms with Crippen LogP contribution in [0.25, 0.3) is 0 Å². The first-order valence-electron chi connectivity index (χ1n) is 3.81. The highest BCUT2D eigenvalue weighted by Crippen LogP contribution is 2.37. The van der Waals surface area contributed by atoms with Crippen molar-refractivity contribution in [3.8, 4) is 11.8 Å². The van der Waals surface area contributed by atoms with Crippen LogP contribution in [0.5, 0.6) is 5.75 Å². The Morgan fingerprint density at radius 2 is 2.00 bits per heavy atom. The normalized spacial score (nSPS) is 11.1. The maximum Gasteiger partial charge on any atom is 0.416 e. The van der Waals surface area contributed by atoms with Crippen LogP contribution in [0, 0.1) is 11.3 Å². The predicted octanol–water partition coefficient (Wildman–Crippen LogP) is 3.24. The van der Waals surface area contributed by atoms with Gasteiger partial charge in [-0.2, -0.15) is 18.4 Å². The number of alkyl halides is 3. The second-order valence-corrected chi connectivity index (χ2v) is 3.65. The van der Waals surface area contributed by atoms with Crippen molar-refractivity contribution in [3.05, 3.63) is 27.7 Å². The number of aromatic hydroxyl groups is 1. The first-order chi connectivity index (χ1) is 6.86. The number of phenolic OH excluding ortho intramolecular Hbond substituents is 1.